The van der Waals surface area contributed by atoms with Crippen LogP contribution in [0.2, 0.25) is 0 Å². The van der Waals surface area contributed by atoms with Gasteiger partial charge in [-0.25, -0.2) is 0 Å². The molecule has 1 aliphatic heterocycles. The third kappa shape index (κ3) is 5.93. The number of rotatable bonds is 9. The summed E-state index contributed by atoms with van der Waals surface area (Å²) in [5, 5.41) is 3.22. The van der Waals surface area contributed by atoms with Gasteiger partial charge in [-0.3, -0.25) is 9.69 Å². The highest BCUT2D eigenvalue weighted by Gasteiger charge is 2.29. The summed E-state index contributed by atoms with van der Waals surface area (Å²) < 4.78 is 0. The van der Waals surface area contributed by atoms with Crippen molar-refractivity contribution in [3.63, 3.8) is 0 Å². The number of likely N-dealkylation sites (N-methyl/N-ethyl adjacent to an activating group) is 1. The summed E-state index contributed by atoms with van der Waals surface area (Å²) in [7, 11) is 0. The van der Waals surface area contributed by atoms with E-state index in [1.807, 2.05) is 13.8 Å². The average molecular weight is 298 g/mol. The maximum atomic E-state index is 11.6. The predicted molar refractivity (Wildman–Crippen MR) is 88.3 cm³/mol. The smallest absolute Gasteiger partial charge is 0.237 e. The van der Waals surface area contributed by atoms with Crippen molar-refractivity contribution in [3.8, 4) is 0 Å². The molecule has 1 rings (SSSR count). The van der Waals surface area contributed by atoms with Gasteiger partial charge < -0.3 is 16.0 Å². The number of amides is 1. The van der Waals surface area contributed by atoms with Crippen LogP contribution >= 0.6 is 0 Å². The van der Waals surface area contributed by atoms with Crippen molar-refractivity contribution in [3.05, 3.63) is 0 Å². The van der Waals surface area contributed by atoms with E-state index in [1.165, 1.54) is 26.2 Å². The van der Waals surface area contributed by atoms with E-state index < -0.39 is 5.54 Å². The van der Waals surface area contributed by atoms with Crippen LogP contribution in [0.1, 0.15) is 47.0 Å². The lowest BCUT2D eigenvalue weighted by Gasteiger charge is -2.37. The lowest BCUT2D eigenvalue weighted by molar-refractivity contribution is -0.124. The monoisotopic (exact) mass is 298 g/mol. The van der Waals surface area contributed by atoms with E-state index in [2.05, 4.69) is 29.0 Å². The highest BCUT2D eigenvalue weighted by atomic mass is 16.1. The largest absolute Gasteiger partial charge is 0.368 e. The number of primary amides is 1. The molecular weight excluding hydrogens is 264 g/mol. The second kappa shape index (κ2) is 8.71. The lowest BCUT2D eigenvalue weighted by atomic mass is 9.94. The van der Waals surface area contributed by atoms with Crippen molar-refractivity contribution in [2.75, 3.05) is 39.3 Å². The molecule has 3 N–H and O–H groups in total. The van der Waals surface area contributed by atoms with Crippen LogP contribution in [0.15, 0.2) is 0 Å². The van der Waals surface area contributed by atoms with E-state index in [0.717, 1.165) is 32.4 Å². The Bertz CT molecular complexity index is 313. The number of hydrogen-bond acceptors (Lipinski definition) is 4. The summed E-state index contributed by atoms with van der Waals surface area (Å²) in [4.78, 5) is 16.6. The first-order chi connectivity index (χ1) is 9.89. The van der Waals surface area contributed by atoms with Gasteiger partial charge in [-0.2, -0.15) is 0 Å². The molecule has 21 heavy (non-hydrogen) atoms. The van der Waals surface area contributed by atoms with E-state index >= 15 is 0 Å². The zero-order valence-corrected chi connectivity index (χ0v) is 14.3. The SMILES string of the molecule is CCNC(C)(CCCCN1CCN(C(C)C)CC1)C(N)=O. The van der Waals surface area contributed by atoms with Crippen LogP contribution in [0.5, 0.6) is 0 Å². The zero-order valence-electron chi connectivity index (χ0n) is 14.3. The van der Waals surface area contributed by atoms with E-state index in [9.17, 15) is 4.79 Å². The third-order valence-corrected chi connectivity index (χ3v) is 4.65. The number of nitrogens with zero attached hydrogens (tertiary/aromatic N) is 2. The molecule has 5 nitrogen and oxygen atoms in total. The van der Waals surface area contributed by atoms with Gasteiger partial charge in [-0.15, -0.1) is 0 Å². The van der Waals surface area contributed by atoms with Gasteiger partial charge in [0.1, 0.15) is 0 Å². The Morgan fingerprint density at radius 1 is 1.24 bits per heavy atom. The van der Waals surface area contributed by atoms with Gasteiger partial charge in [-0.1, -0.05) is 6.92 Å². The first kappa shape index (κ1) is 18.4. The molecule has 0 aromatic rings. The number of carbonyl (C=O) groups excluding carboxylic acids is 1. The molecule has 1 fully saturated rings. The minimum Gasteiger partial charge on any atom is -0.368 e. The summed E-state index contributed by atoms with van der Waals surface area (Å²) in [6, 6.07) is 0.656. The fraction of sp³-hybridized carbons (Fsp3) is 0.938. The molecule has 0 radical (unpaired) electrons. The van der Waals surface area contributed by atoms with Gasteiger partial charge in [0.25, 0.3) is 0 Å². The van der Waals surface area contributed by atoms with Gasteiger partial charge in [0, 0.05) is 32.2 Å². The quantitative estimate of drug-likeness (QED) is 0.624. The molecule has 1 atom stereocenters. The van der Waals surface area contributed by atoms with Crippen molar-refractivity contribution < 1.29 is 4.79 Å². The van der Waals surface area contributed by atoms with Crippen LogP contribution in [0.4, 0.5) is 0 Å². The number of nitrogens with one attached hydrogen (secondary N) is 1. The van der Waals surface area contributed by atoms with Crippen molar-refractivity contribution in [2.24, 2.45) is 5.73 Å². The van der Waals surface area contributed by atoms with E-state index in [-0.39, 0.29) is 5.91 Å². The van der Waals surface area contributed by atoms with E-state index in [1.54, 1.807) is 0 Å². The molecule has 1 heterocycles. The highest BCUT2D eigenvalue weighted by molar-refractivity contribution is 5.84. The summed E-state index contributed by atoms with van der Waals surface area (Å²) >= 11 is 0. The van der Waals surface area contributed by atoms with Crippen molar-refractivity contribution in [2.45, 2.75) is 58.5 Å². The molecule has 5 heteroatoms. The normalized spacial score (nSPS) is 20.6. The van der Waals surface area contributed by atoms with Crippen molar-refractivity contribution in [1.82, 2.24) is 15.1 Å². The minimum absolute atomic E-state index is 0.241. The van der Waals surface area contributed by atoms with Crippen LogP contribution in [0, 0.1) is 0 Å². The number of nitrogens with two attached hydrogens (primary N) is 1. The molecular formula is C16H34N4O. The minimum atomic E-state index is -0.551. The molecule has 0 saturated carbocycles. The van der Waals surface area contributed by atoms with Gasteiger partial charge in [0.2, 0.25) is 5.91 Å². The highest BCUT2D eigenvalue weighted by Crippen LogP contribution is 2.14. The fourth-order valence-electron chi connectivity index (χ4n) is 3.01. The Labute approximate surface area is 130 Å². The molecule has 1 saturated heterocycles. The van der Waals surface area contributed by atoms with Crippen LogP contribution < -0.4 is 11.1 Å². The number of piperazine rings is 1. The molecule has 0 aliphatic carbocycles. The number of hydrogen-bond donors (Lipinski definition) is 2. The zero-order chi connectivity index (χ0) is 15.9. The lowest BCUT2D eigenvalue weighted by Crippen LogP contribution is -2.53. The van der Waals surface area contributed by atoms with Crippen LogP contribution in [0.25, 0.3) is 0 Å². The Morgan fingerprint density at radius 2 is 1.86 bits per heavy atom. The molecule has 124 valence electrons. The molecule has 0 aromatic carbocycles. The molecule has 0 aromatic heterocycles. The second-order valence-electron chi connectivity index (χ2n) is 6.66. The van der Waals surface area contributed by atoms with E-state index in [4.69, 9.17) is 5.73 Å². The van der Waals surface area contributed by atoms with Crippen LogP contribution in [-0.2, 0) is 4.79 Å². The topological polar surface area (TPSA) is 61.6 Å². The fourth-order valence-corrected chi connectivity index (χ4v) is 3.01. The Balaban J connectivity index is 2.21. The Morgan fingerprint density at radius 3 is 2.33 bits per heavy atom. The summed E-state index contributed by atoms with van der Waals surface area (Å²) in [6.45, 7) is 15.0. The van der Waals surface area contributed by atoms with Crippen molar-refractivity contribution in [1.29, 1.82) is 0 Å². The van der Waals surface area contributed by atoms with Gasteiger partial charge in [-0.05, 0) is 53.1 Å². The molecule has 1 aliphatic rings. The molecule has 1 amide bonds. The summed E-state index contributed by atoms with van der Waals surface area (Å²) in [6.07, 6.45) is 2.99. The standard InChI is InChI=1S/C16H34N4O/c1-5-18-16(4,15(17)21)8-6-7-9-19-10-12-20(13-11-19)14(2)3/h14,18H,5-13H2,1-4H3,(H2,17,21). The van der Waals surface area contributed by atoms with Gasteiger partial charge in [0.05, 0.1) is 5.54 Å². The van der Waals surface area contributed by atoms with Crippen LogP contribution in [-0.4, -0.2) is 66.6 Å². The van der Waals surface area contributed by atoms with E-state index in [0.29, 0.717) is 6.04 Å². The Kier molecular flexibility index (Phi) is 7.63. The third-order valence-electron chi connectivity index (χ3n) is 4.65. The molecule has 0 bridgehead atoms. The molecule has 1 unspecified atom stereocenters. The average Bonchev–Trinajstić information content (AvgIpc) is 2.44. The summed E-state index contributed by atoms with van der Waals surface area (Å²) in [5.74, 6) is -0.241. The molecule has 0 spiro atoms. The first-order valence-corrected chi connectivity index (χ1v) is 8.40. The number of unbranched alkanes of at least 4 members (excludes halogenated alkanes) is 1. The van der Waals surface area contributed by atoms with Gasteiger partial charge in [0.15, 0.2) is 0 Å². The van der Waals surface area contributed by atoms with Crippen LogP contribution in [0.3, 0.4) is 0 Å². The Hall–Kier alpha value is -0.650. The predicted octanol–water partition coefficient (Wildman–Crippen LogP) is 1.04. The first-order valence-electron chi connectivity index (χ1n) is 8.40. The summed E-state index contributed by atoms with van der Waals surface area (Å²) in [5.41, 5.74) is 4.96. The maximum Gasteiger partial charge on any atom is 0.237 e. The number of carbonyl (C=O) groups is 1. The maximum absolute atomic E-state index is 11.6. The van der Waals surface area contributed by atoms with Crippen molar-refractivity contribution >= 4 is 5.91 Å². The second-order valence-corrected chi connectivity index (χ2v) is 6.66. The van der Waals surface area contributed by atoms with Gasteiger partial charge >= 0.3 is 0 Å².